The van der Waals surface area contributed by atoms with Gasteiger partial charge in [-0.1, -0.05) is 13.8 Å². The molecule has 0 radical (unpaired) electrons. The first kappa shape index (κ1) is 16.6. The van der Waals surface area contributed by atoms with Gasteiger partial charge in [0.1, 0.15) is 0 Å². The summed E-state index contributed by atoms with van der Waals surface area (Å²) >= 11 is 0. The van der Waals surface area contributed by atoms with Crippen LogP contribution in [0.3, 0.4) is 0 Å². The van der Waals surface area contributed by atoms with Crippen molar-refractivity contribution >= 4 is 5.91 Å². The first-order valence-electron chi connectivity index (χ1n) is 8.25. The molecule has 1 aromatic carbocycles. The van der Waals surface area contributed by atoms with Gasteiger partial charge in [0.2, 0.25) is 0 Å². The van der Waals surface area contributed by atoms with Crippen molar-refractivity contribution < 1.29 is 13.6 Å². The summed E-state index contributed by atoms with van der Waals surface area (Å²) < 4.78 is 28.3. The van der Waals surface area contributed by atoms with Gasteiger partial charge in [-0.05, 0) is 44.2 Å². The van der Waals surface area contributed by atoms with Crippen LogP contribution < -0.4 is 5.32 Å². The van der Waals surface area contributed by atoms with Crippen molar-refractivity contribution in [3.63, 3.8) is 0 Å². The number of fused-ring (bicyclic) bond motifs is 1. The van der Waals surface area contributed by atoms with E-state index in [0.29, 0.717) is 17.3 Å². The van der Waals surface area contributed by atoms with Gasteiger partial charge in [-0.3, -0.25) is 4.79 Å². The fourth-order valence-electron chi connectivity index (χ4n) is 2.89. The smallest absolute Gasteiger partial charge is 0.272 e. The molecule has 128 valence electrons. The van der Waals surface area contributed by atoms with Gasteiger partial charge in [-0.25, -0.2) is 13.5 Å². The molecule has 24 heavy (non-hydrogen) atoms. The van der Waals surface area contributed by atoms with E-state index in [1.54, 1.807) is 4.68 Å². The summed E-state index contributed by atoms with van der Waals surface area (Å²) in [4.78, 5) is 12.6. The standard InChI is InChI=1S/C18H21F2N3O/c1-10(2)11(3)21-18(24)17-13-5-4-6-16(13)23(22-17)12-7-8-14(19)15(20)9-12/h7-11H,4-6H2,1-3H3,(H,21,24)/t11-/m0/s1. The lowest BCUT2D eigenvalue weighted by atomic mass is 10.1. The molecule has 1 aliphatic rings. The number of hydrogen-bond acceptors (Lipinski definition) is 2. The van der Waals surface area contributed by atoms with Gasteiger partial charge in [0, 0.05) is 23.4 Å². The average molecular weight is 333 g/mol. The van der Waals surface area contributed by atoms with Crippen molar-refractivity contribution in [2.24, 2.45) is 5.92 Å². The maximum atomic E-state index is 13.5. The van der Waals surface area contributed by atoms with E-state index in [4.69, 9.17) is 0 Å². The number of hydrogen-bond donors (Lipinski definition) is 1. The molecular formula is C18H21F2N3O. The molecule has 1 N–H and O–H groups in total. The molecule has 0 spiro atoms. The van der Waals surface area contributed by atoms with Crippen molar-refractivity contribution in [3.05, 3.63) is 46.8 Å². The lowest BCUT2D eigenvalue weighted by molar-refractivity contribution is 0.0924. The normalized spacial score (nSPS) is 14.8. The van der Waals surface area contributed by atoms with E-state index < -0.39 is 11.6 Å². The second-order valence-electron chi connectivity index (χ2n) is 6.64. The molecule has 0 bridgehead atoms. The van der Waals surface area contributed by atoms with E-state index in [1.807, 2.05) is 20.8 Å². The molecule has 2 aromatic rings. The Hall–Kier alpha value is -2.24. The van der Waals surface area contributed by atoms with Gasteiger partial charge in [0.15, 0.2) is 17.3 Å². The van der Waals surface area contributed by atoms with E-state index >= 15 is 0 Å². The van der Waals surface area contributed by atoms with Crippen molar-refractivity contribution in [1.82, 2.24) is 15.1 Å². The third-order valence-electron chi connectivity index (χ3n) is 4.65. The lowest BCUT2D eigenvalue weighted by Gasteiger charge is -2.16. The molecule has 0 saturated carbocycles. The number of amides is 1. The fraction of sp³-hybridized carbons (Fsp3) is 0.444. The number of benzene rings is 1. The largest absolute Gasteiger partial charge is 0.348 e. The molecule has 1 amide bonds. The molecule has 3 rings (SSSR count). The summed E-state index contributed by atoms with van der Waals surface area (Å²) in [5.74, 6) is -1.72. The van der Waals surface area contributed by atoms with Gasteiger partial charge in [0.05, 0.1) is 5.69 Å². The third kappa shape index (κ3) is 2.92. The quantitative estimate of drug-likeness (QED) is 0.932. The van der Waals surface area contributed by atoms with Gasteiger partial charge < -0.3 is 5.32 Å². The van der Waals surface area contributed by atoms with Crippen LogP contribution in [0.25, 0.3) is 5.69 Å². The lowest BCUT2D eigenvalue weighted by Crippen LogP contribution is -2.36. The molecule has 0 aliphatic heterocycles. The van der Waals surface area contributed by atoms with E-state index in [-0.39, 0.29) is 11.9 Å². The molecule has 1 aliphatic carbocycles. The second-order valence-corrected chi connectivity index (χ2v) is 6.64. The third-order valence-corrected chi connectivity index (χ3v) is 4.65. The molecule has 0 unspecified atom stereocenters. The number of aromatic nitrogens is 2. The Labute approximate surface area is 139 Å². The Balaban J connectivity index is 1.98. The summed E-state index contributed by atoms with van der Waals surface area (Å²) in [7, 11) is 0. The Kier molecular flexibility index (Phi) is 4.39. The number of carbonyl (C=O) groups is 1. The minimum absolute atomic E-state index is 0.0305. The molecular weight excluding hydrogens is 312 g/mol. The van der Waals surface area contributed by atoms with Crippen molar-refractivity contribution in [2.75, 3.05) is 0 Å². The average Bonchev–Trinajstić information content (AvgIpc) is 3.11. The fourth-order valence-corrected chi connectivity index (χ4v) is 2.89. The summed E-state index contributed by atoms with van der Waals surface area (Å²) in [5.41, 5.74) is 2.64. The van der Waals surface area contributed by atoms with Gasteiger partial charge in [-0.15, -0.1) is 0 Å². The summed E-state index contributed by atoms with van der Waals surface area (Å²) in [6.45, 7) is 6.03. The molecule has 0 fully saturated rings. The molecule has 1 heterocycles. The highest BCUT2D eigenvalue weighted by Crippen LogP contribution is 2.28. The molecule has 0 saturated heterocycles. The van der Waals surface area contributed by atoms with Crippen LogP contribution in [0, 0.1) is 17.6 Å². The van der Waals surface area contributed by atoms with Crippen LogP contribution in [-0.4, -0.2) is 21.7 Å². The zero-order chi connectivity index (χ0) is 17.4. The van der Waals surface area contributed by atoms with Crippen LogP contribution in [0.2, 0.25) is 0 Å². The highest BCUT2D eigenvalue weighted by atomic mass is 19.2. The van der Waals surface area contributed by atoms with Crippen LogP contribution in [0.15, 0.2) is 18.2 Å². The first-order chi connectivity index (χ1) is 11.4. The Bertz CT molecular complexity index is 783. The zero-order valence-electron chi connectivity index (χ0n) is 14.1. The molecule has 1 atom stereocenters. The number of nitrogens with one attached hydrogen (secondary N) is 1. The molecule has 6 heteroatoms. The van der Waals surface area contributed by atoms with Crippen LogP contribution in [-0.2, 0) is 12.8 Å². The van der Waals surface area contributed by atoms with E-state index in [9.17, 15) is 13.6 Å². The van der Waals surface area contributed by atoms with E-state index in [1.165, 1.54) is 6.07 Å². The highest BCUT2D eigenvalue weighted by molar-refractivity contribution is 5.94. The minimum atomic E-state index is -0.922. The highest BCUT2D eigenvalue weighted by Gasteiger charge is 2.28. The predicted molar refractivity (Wildman–Crippen MR) is 87.3 cm³/mol. The maximum Gasteiger partial charge on any atom is 0.272 e. The maximum absolute atomic E-state index is 13.5. The van der Waals surface area contributed by atoms with Crippen LogP contribution in [0.5, 0.6) is 0 Å². The summed E-state index contributed by atoms with van der Waals surface area (Å²) in [6, 6.07) is 3.69. The summed E-state index contributed by atoms with van der Waals surface area (Å²) in [5, 5.41) is 7.36. The van der Waals surface area contributed by atoms with Crippen LogP contribution >= 0.6 is 0 Å². The van der Waals surface area contributed by atoms with Crippen LogP contribution in [0.4, 0.5) is 8.78 Å². The predicted octanol–water partition coefficient (Wildman–Crippen LogP) is 3.41. The first-order valence-corrected chi connectivity index (χ1v) is 8.25. The van der Waals surface area contributed by atoms with Gasteiger partial charge >= 0.3 is 0 Å². The molecule has 4 nitrogen and oxygen atoms in total. The summed E-state index contributed by atoms with van der Waals surface area (Å²) in [6.07, 6.45) is 2.48. The topological polar surface area (TPSA) is 46.9 Å². The number of nitrogens with zero attached hydrogens (tertiary/aromatic N) is 2. The Morgan fingerprint density at radius 3 is 2.62 bits per heavy atom. The zero-order valence-corrected chi connectivity index (χ0v) is 14.1. The van der Waals surface area contributed by atoms with Gasteiger partial charge in [0.25, 0.3) is 5.91 Å². The number of carbonyl (C=O) groups excluding carboxylic acids is 1. The monoisotopic (exact) mass is 333 g/mol. The van der Waals surface area contributed by atoms with E-state index in [0.717, 1.165) is 42.7 Å². The Morgan fingerprint density at radius 2 is 1.96 bits per heavy atom. The van der Waals surface area contributed by atoms with Crippen molar-refractivity contribution in [1.29, 1.82) is 0 Å². The minimum Gasteiger partial charge on any atom is -0.348 e. The second kappa shape index (κ2) is 6.34. The van der Waals surface area contributed by atoms with Crippen LogP contribution in [0.1, 0.15) is 48.9 Å². The van der Waals surface area contributed by atoms with Crippen molar-refractivity contribution in [2.45, 2.75) is 46.1 Å². The number of rotatable bonds is 4. The SMILES string of the molecule is CC(C)[C@H](C)NC(=O)c1nn(-c2ccc(F)c(F)c2)c2c1CCC2. The van der Waals surface area contributed by atoms with E-state index in [2.05, 4.69) is 10.4 Å². The van der Waals surface area contributed by atoms with Crippen molar-refractivity contribution in [3.8, 4) is 5.69 Å². The number of halogens is 2. The Morgan fingerprint density at radius 1 is 1.21 bits per heavy atom. The van der Waals surface area contributed by atoms with Gasteiger partial charge in [-0.2, -0.15) is 5.10 Å². The molecule has 1 aromatic heterocycles.